The second-order valence-electron chi connectivity index (χ2n) is 13.0. The molecule has 0 bridgehead atoms. The highest BCUT2D eigenvalue weighted by Gasteiger charge is 2.41. The van der Waals surface area contributed by atoms with Crippen molar-refractivity contribution in [3.63, 3.8) is 0 Å². The maximum Gasteiger partial charge on any atom is 0.308 e. The fourth-order valence-electron chi connectivity index (χ4n) is 6.32. The first-order chi connectivity index (χ1) is 20.4. The minimum Gasteiger partial charge on any atom is -0.426 e. The van der Waals surface area contributed by atoms with Crippen LogP contribution in [0.1, 0.15) is 75.7 Å². The van der Waals surface area contributed by atoms with E-state index in [2.05, 4.69) is 15.5 Å². The van der Waals surface area contributed by atoms with Crippen LogP contribution in [0, 0.1) is 18.8 Å². The minimum absolute atomic E-state index is 0.000815. The van der Waals surface area contributed by atoms with Crippen molar-refractivity contribution < 1.29 is 24.2 Å². The van der Waals surface area contributed by atoms with Gasteiger partial charge >= 0.3 is 5.97 Å². The predicted molar refractivity (Wildman–Crippen MR) is 170 cm³/mol. The molecule has 1 aliphatic carbocycles. The van der Waals surface area contributed by atoms with Crippen LogP contribution in [0.5, 0.6) is 5.75 Å². The molecule has 2 fully saturated rings. The Labute approximate surface area is 260 Å². The van der Waals surface area contributed by atoms with Crippen LogP contribution < -0.4 is 15.4 Å². The molecule has 2 aromatic carbocycles. The van der Waals surface area contributed by atoms with Gasteiger partial charge in [0, 0.05) is 47.3 Å². The Kier molecular flexibility index (Phi) is 11.3. The molecule has 1 saturated heterocycles. The number of piperidine rings is 1. The number of fused-ring (bicyclic) bond motifs is 1. The number of nitrogens with one attached hydrogen (secondary N) is 2. The summed E-state index contributed by atoms with van der Waals surface area (Å²) in [6, 6.07) is 14.0. The lowest BCUT2D eigenvalue weighted by Gasteiger charge is -2.47. The second-order valence-corrected chi connectivity index (χ2v) is 14.1. The number of carbonyl (C=O) groups is 3. The molecule has 9 heteroatoms. The van der Waals surface area contributed by atoms with Crippen LogP contribution in [0.25, 0.3) is 0 Å². The van der Waals surface area contributed by atoms with E-state index >= 15 is 0 Å². The first-order valence-corrected chi connectivity index (χ1v) is 16.4. The molecule has 1 aliphatic heterocycles. The van der Waals surface area contributed by atoms with E-state index in [0.29, 0.717) is 34.5 Å². The van der Waals surface area contributed by atoms with Gasteiger partial charge < -0.3 is 20.5 Å². The van der Waals surface area contributed by atoms with Crippen LogP contribution in [0.4, 0.5) is 0 Å². The Balaban J connectivity index is 1.55. The van der Waals surface area contributed by atoms with Gasteiger partial charge in [-0.25, -0.2) is 0 Å². The second kappa shape index (κ2) is 14.7. The number of rotatable bonds is 10. The molecule has 43 heavy (non-hydrogen) atoms. The highest BCUT2D eigenvalue weighted by Crippen LogP contribution is 2.39. The fourth-order valence-corrected chi connectivity index (χ4v) is 7.35. The first kappa shape index (κ1) is 33.0. The van der Waals surface area contributed by atoms with Gasteiger partial charge in [0.2, 0.25) is 5.91 Å². The standard InChI is InChI=1S/C34H47N3O5S/c1-22-27(16-11-17-31(22)42-23(2)38)32(40)35-28(21-43-26-14-7-6-8-15-26)30(39)20-37-19-25-13-10-9-12-24(25)18-29(37)33(41)36-34(3,4)5/h6-8,11,14-17,24-25,28-30,39H,9-10,12-13,18-21H2,1-5H3,(H,35,40)(H,36,41)/t24-,25+,28-,29?,30+/m0/s1. The van der Waals surface area contributed by atoms with Crippen molar-refractivity contribution in [1.82, 2.24) is 15.5 Å². The largest absolute Gasteiger partial charge is 0.426 e. The Hall–Kier alpha value is -2.88. The number of hydrogen-bond acceptors (Lipinski definition) is 7. The molecule has 2 aliphatic rings. The Morgan fingerprint density at radius 1 is 1.05 bits per heavy atom. The zero-order valence-electron chi connectivity index (χ0n) is 26.1. The van der Waals surface area contributed by atoms with E-state index in [1.165, 1.54) is 19.8 Å². The van der Waals surface area contributed by atoms with E-state index in [9.17, 15) is 19.5 Å². The number of carbonyl (C=O) groups excluding carboxylic acids is 3. The highest BCUT2D eigenvalue weighted by atomic mass is 32.2. The highest BCUT2D eigenvalue weighted by molar-refractivity contribution is 7.99. The normalized spacial score (nSPS) is 22.1. The van der Waals surface area contributed by atoms with Crippen molar-refractivity contribution in [2.24, 2.45) is 11.8 Å². The van der Waals surface area contributed by atoms with E-state index in [1.807, 2.05) is 51.1 Å². The summed E-state index contributed by atoms with van der Waals surface area (Å²) in [5, 5.41) is 18.0. The third-order valence-electron chi connectivity index (χ3n) is 8.46. The van der Waals surface area contributed by atoms with Gasteiger partial charge in [0.15, 0.2) is 0 Å². The third-order valence-corrected chi connectivity index (χ3v) is 9.59. The first-order valence-electron chi connectivity index (χ1n) is 15.4. The average molecular weight is 610 g/mol. The molecule has 0 spiro atoms. The van der Waals surface area contributed by atoms with Crippen molar-refractivity contribution >= 4 is 29.5 Å². The van der Waals surface area contributed by atoms with Crippen molar-refractivity contribution in [3.8, 4) is 5.75 Å². The van der Waals surface area contributed by atoms with Gasteiger partial charge in [0.05, 0.1) is 18.2 Å². The summed E-state index contributed by atoms with van der Waals surface area (Å²) >= 11 is 1.56. The topological polar surface area (TPSA) is 108 Å². The lowest BCUT2D eigenvalue weighted by molar-refractivity contribution is -0.133. The summed E-state index contributed by atoms with van der Waals surface area (Å²) in [5.74, 6) is 1.00. The Morgan fingerprint density at radius 2 is 1.74 bits per heavy atom. The molecular weight excluding hydrogens is 562 g/mol. The van der Waals surface area contributed by atoms with Gasteiger partial charge in [-0.1, -0.05) is 43.5 Å². The van der Waals surface area contributed by atoms with E-state index in [0.717, 1.165) is 30.7 Å². The van der Waals surface area contributed by atoms with E-state index in [4.69, 9.17) is 4.74 Å². The van der Waals surface area contributed by atoms with E-state index in [1.54, 1.807) is 36.9 Å². The average Bonchev–Trinajstić information content (AvgIpc) is 2.95. The molecule has 2 aromatic rings. The van der Waals surface area contributed by atoms with Crippen LogP contribution in [0.3, 0.4) is 0 Å². The Bertz CT molecular complexity index is 1260. The smallest absolute Gasteiger partial charge is 0.308 e. The molecule has 234 valence electrons. The van der Waals surface area contributed by atoms with Crippen molar-refractivity contribution in [2.45, 2.75) is 95.3 Å². The summed E-state index contributed by atoms with van der Waals surface area (Å²) in [5.41, 5.74) is 0.579. The van der Waals surface area contributed by atoms with E-state index < -0.39 is 18.1 Å². The summed E-state index contributed by atoms with van der Waals surface area (Å²) in [6.45, 7) is 10.1. The number of nitrogens with zero attached hydrogens (tertiary/aromatic N) is 1. The van der Waals surface area contributed by atoms with Crippen molar-refractivity contribution in [3.05, 3.63) is 59.7 Å². The zero-order valence-corrected chi connectivity index (χ0v) is 26.9. The number of esters is 1. The monoisotopic (exact) mass is 609 g/mol. The molecule has 0 radical (unpaired) electrons. The zero-order chi connectivity index (χ0) is 31.1. The number of thioether (sulfide) groups is 1. The van der Waals surface area contributed by atoms with Gasteiger partial charge in [0.25, 0.3) is 5.91 Å². The molecule has 1 saturated carbocycles. The molecule has 1 unspecified atom stereocenters. The molecule has 0 aromatic heterocycles. The minimum atomic E-state index is -0.915. The number of ether oxygens (including phenoxy) is 1. The van der Waals surface area contributed by atoms with Gasteiger partial charge in [-0.2, -0.15) is 0 Å². The quantitative estimate of drug-likeness (QED) is 0.198. The lowest BCUT2D eigenvalue weighted by atomic mass is 9.72. The number of amides is 2. The number of hydrogen-bond donors (Lipinski definition) is 3. The summed E-state index contributed by atoms with van der Waals surface area (Å²) in [7, 11) is 0. The molecule has 1 heterocycles. The number of aliphatic hydroxyl groups is 1. The molecule has 8 nitrogen and oxygen atoms in total. The summed E-state index contributed by atoms with van der Waals surface area (Å²) in [4.78, 5) is 41.9. The molecule has 3 N–H and O–H groups in total. The number of benzene rings is 2. The van der Waals surface area contributed by atoms with Crippen molar-refractivity contribution in [1.29, 1.82) is 0 Å². The van der Waals surface area contributed by atoms with Crippen LogP contribution in [-0.4, -0.2) is 70.4 Å². The fraction of sp³-hybridized carbons (Fsp3) is 0.559. The lowest BCUT2D eigenvalue weighted by Crippen LogP contribution is -2.60. The van der Waals surface area contributed by atoms with Gasteiger partial charge in [-0.3, -0.25) is 19.3 Å². The van der Waals surface area contributed by atoms with E-state index in [-0.39, 0.29) is 29.9 Å². The molecule has 4 rings (SSSR count). The third kappa shape index (κ3) is 9.30. The van der Waals surface area contributed by atoms with Crippen LogP contribution in [-0.2, 0) is 9.59 Å². The van der Waals surface area contributed by atoms with Crippen LogP contribution >= 0.6 is 11.8 Å². The maximum atomic E-state index is 13.6. The number of likely N-dealkylation sites (tertiary alicyclic amines) is 1. The summed E-state index contributed by atoms with van der Waals surface area (Å²) < 4.78 is 5.29. The van der Waals surface area contributed by atoms with Crippen LogP contribution in [0.15, 0.2) is 53.4 Å². The number of aliphatic hydroxyl groups excluding tert-OH is 1. The SMILES string of the molecule is CC(=O)Oc1cccc(C(=O)N[C@@H](CSc2ccccc2)[C@H](O)CN2C[C@H]3CCCC[C@H]3CC2C(=O)NC(C)(C)C)c1C. The molecule has 2 amide bonds. The number of β-amino-alcohol motifs (C(OH)–C–C–N with tert-alkyl or cyclic N) is 1. The van der Waals surface area contributed by atoms with Gasteiger partial charge in [-0.15, -0.1) is 11.8 Å². The Morgan fingerprint density at radius 3 is 2.42 bits per heavy atom. The molecule has 5 atom stereocenters. The predicted octanol–water partition coefficient (Wildman–Crippen LogP) is 4.97. The maximum absolute atomic E-state index is 13.6. The molecular formula is C34H47N3O5S. The van der Waals surface area contributed by atoms with Crippen LogP contribution in [0.2, 0.25) is 0 Å². The summed E-state index contributed by atoms with van der Waals surface area (Å²) in [6.07, 6.45) is 4.58. The van der Waals surface area contributed by atoms with Gasteiger partial charge in [-0.05, 0) is 76.6 Å². The van der Waals surface area contributed by atoms with Crippen molar-refractivity contribution in [2.75, 3.05) is 18.8 Å². The van der Waals surface area contributed by atoms with Gasteiger partial charge in [0.1, 0.15) is 5.75 Å².